The Hall–Kier alpha value is -0.790. The number of esters is 1. The molecule has 2 unspecified atom stereocenters. The minimum Gasteiger partial charge on any atom is -0.465 e. The van der Waals surface area contributed by atoms with Crippen LogP contribution in [0.4, 0.5) is 0 Å². The second-order valence-corrected chi connectivity index (χ2v) is 5.24. The molecular formula is C13H22O2. The highest BCUT2D eigenvalue weighted by Gasteiger charge is 2.61. The topological polar surface area (TPSA) is 26.3 Å². The molecule has 1 fully saturated rings. The molecule has 1 aliphatic carbocycles. The summed E-state index contributed by atoms with van der Waals surface area (Å²) in [5.74, 6) is 0.412. The van der Waals surface area contributed by atoms with Crippen LogP contribution in [0.5, 0.6) is 0 Å². The van der Waals surface area contributed by atoms with Crippen LogP contribution in [0, 0.1) is 17.3 Å². The first-order valence-electron chi connectivity index (χ1n) is 5.73. The molecule has 0 heterocycles. The highest BCUT2D eigenvalue weighted by atomic mass is 16.5. The largest absolute Gasteiger partial charge is 0.465 e. The standard InChI is InChI=1S/C13H22O2/c1-6-7-15-12(14)11-10(8-9(2)3)13(11,4)5/h8,10-11H,6-7H2,1-5H3. The highest BCUT2D eigenvalue weighted by molar-refractivity contribution is 5.78. The molecule has 0 spiro atoms. The van der Waals surface area contributed by atoms with Crippen molar-refractivity contribution in [3.8, 4) is 0 Å². The Labute approximate surface area is 92.7 Å². The van der Waals surface area contributed by atoms with Crippen molar-refractivity contribution in [2.24, 2.45) is 17.3 Å². The number of allylic oxidation sites excluding steroid dienone is 2. The lowest BCUT2D eigenvalue weighted by Crippen LogP contribution is -2.11. The molecule has 0 amide bonds. The van der Waals surface area contributed by atoms with Crippen molar-refractivity contribution in [2.75, 3.05) is 6.61 Å². The number of rotatable bonds is 4. The highest BCUT2D eigenvalue weighted by Crippen LogP contribution is 2.59. The number of ether oxygens (including phenoxy) is 1. The molecule has 2 nitrogen and oxygen atoms in total. The Morgan fingerprint density at radius 1 is 1.40 bits per heavy atom. The molecule has 2 atom stereocenters. The van der Waals surface area contributed by atoms with E-state index < -0.39 is 0 Å². The van der Waals surface area contributed by atoms with Crippen LogP contribution < -0.4 is 0 Å². The second kappa shape index (κ2) is 4.38. The average Bonchev–Trinajstić information content (AvgIpc) is 2.63. The van der Waals surface area contributed by atoms with Crippen LogP contribution in [0.25, 0.3) is 0 Å². The van der Waals surface area contributed by atoms with Gasteiger partial charge in [0, 0.05) is 0 Å². The van der Waals surface area contributed by atoms with Gasteiger partial charge in [-0.1, -0.05) is 32.4 Å². The predicted octanol–water partition coefficient (Wildman–Crippen LogP) is 3.18. The molecule has 2 heteroatoms. The van der Waals surface area contributed by atoms with E-state index in [0.29, 0.717) is 12.5 Å². The SMILES string of the molecule is CCCOC(=O)C1C(C=C(C)C)C1(C)C. The number of hydrogen-bond acceptors (Lipinski definition) is 2. The summed E-state index contributed by atoms with van der Waals surface area (Å²) in [6.07, 6.45) is 3.09. The van der Waals surface area contributed by atoms with E-state index in [0.717, 1.165) is 6.42 Å². The number of hydrogen-bond donors (Lipinski definition) is 0. The van der Waals surface area contributed by atoms with Gasteiger partial charge in [0.1, 0.15) is 0 Å². The van der Waals surface area contributed by atoms with Gasteiger partial charge in [0.25, 0.3) is 0 Å². The molecule has 0 aromatic carbocycles. The lowest BCUT2D eigenvalue weighted by molar-refractivity contribution is -0.146. The fraction of sp³-hybridized carbons (Fsp3) is 0.769. The van der Waals surface area contributed by atoms with Crippen molar-refractivity contribution in [1.82, 2.24) is 0 Å². The quantitative estimate of drug-likeness (QED) is 0.526. The van der Waals surface area contributed by atoms with E-state index in [1.807, 2.05) is 6.92 Å². The summed E-state index contributed by atoms with van der Waals surface area (Å²) in [5, 5.41) is 0. The Balaban J connectivity index is 2.58. The van der Waals surface area contributed by atoms with E-state index in [4.69, 9.17) is 4.74 Å². The van der Waals surface area contributed by atoms with Crippen LogP contribution in [0.2, 0.25) is 0 Å². The van der Waals surface area contributed by atoms with Gasteiger partial charge < -0.3 is 4.74 Å². The third-order valence-electron chi connectivity index (χ3n) is 3.13. The van der Waals surface area contributed by atoms with Crippen molar-refractivity contribution >= 4 is 5.97 Å². The molecule has 15 heavy (non-hydrogen) atoms. The van der Waals surface area contributed by atoms with Gasteiger partial charge >= 0.3 is 5.97 Å². The van der Waals surface area contributed by atoms with Gasteiger partial charge in [0.15, 0.2) is 0 Å². The zero-order valence-electron chi connectivity index (χ0n) is 10.5. The third kappa shape index (κ3) is 2.61. The summed E-state index contributed by atoms with van der Waals surface area (Å²) in [6.45, 7) is 11.0. The van der Waals surface area contributed by atoms with Crippen molar-refractivity contribution in [2.45, 2.75) is 41.0 Å². The normalized spacial score (nSPS) is 27.0. The van der Waals surface area contributed by atoms with Crippen LogP contribution >= 0.6 is 0 Å². The van der Waals surface area contributed by atoms with E-state index in [-0.39, 0.29) is 17.3 Å². The average molecular weight is 210 g/mol. The van der Waals surface area contributed by atoms with Gasteiger partial charge in [0.05, 0.1) is 12.5 Å². The molecule has 1 saturated carbocycles. The van der Waals surface area contributed by atoms with E-state index in [9.17, 15) is 4.79 Å². The molecule has 1 rings (SSSR count). The molecule has 0 aromatic rings. The first-order chi connectivity index (χ1) is 6.91. The molecule has 0 radical (unpaired) electrons. The number of carbonyl (C=O) groups is 1. The molecule has 0 aromatic heterocycles. The van der Waals surface area contributed by atoms with Crippen LogP contribution in [0.1, 0.15) is 41.0 Å². The summed E-state index contributed by atoms with van der Waals surface area (Å²) in [4.78, 5) is 11.7. The Morgan fingerprint density at radius 2 is 2.00 bits per heavy atom. The van der Waals surface area contributed by atoms with Gasteiger partial charge in [-0.25, -0.2) is 0 Å². The van der Waals surface area contributed by atoms with E-state index in [1.165, 1.54) is 5.57 Å². The van der Waals surface area contributed by atoms with Crippen LogP contribution in [0.15, 0.2) is 11.6 Å². The van der Waals surface area contributed by atoms with Crippen molar-refractivity contribution < 1.29 is 9.53 Å². The summed E-state index contributed by atoms with van der Waals surface area (Å²) >= 11 is 0. The maximum Gasteiger partial charge on any atom is 0.310 e. The minimum atomic E-state index is -0.0237. The van der Waals surface area contributed by atoms with Gasteiger partial charge in [0.2, 0.25) is 0 Å². The minimum absolute atomic E-state index is 0.0237. The summed E-state index contributed by atoms with van der Waals surface area (Å²) in [5.41, 5.74) is 1.36. The maximum atomic E-state index is 11.7. The van der Waals surface area contributed by atoms with Gasteiger partial charge in [-0.15, -0.1) is 0 Å². The van der Waals surface area contributed by atoms with Gasteiger partial charge in [-0.3, -0.25) is 4.79 Å². The third-order valence-corrected chi connectivity index (χ3v) is 3.13. The summed E-state index contributed by atoms with van der Waals surface area (Å²) in [6, 6.07) is 0. The maximum absolute atomic E-state index is 11.7. The van der Waals surface area contributed by atoms with Gasteiger partial charge in [-0.05, 0) is 31.6 Å². The van der Waals surface area contributed by atoms with E-state index >= 15 is 0 Å². The van der Waals surface area contributed by atoms with Crippen molar-refractivity contribution in [1.29, 1.82) is 0 Å². The molecular weight excluding hydrogens is 188 g/mol. The summed E-state index contributed by atoms with van der Waals surface area (Å²) in [7, 11) is 0. The predicted molar refractivity (Wildman–Crippen MR) is 61.4 cm³/mol. The Morgan fingerprint density at radius 3 is 2.47 bits per heavy atom. The van der Waals surface area contributed by atoms with E-state index in [1.54, 1.807) is 0 Å². The lowest BCUT2D eigenvalue weighted by atomic mass is 10.1. The fourth-order valence-corrected chi connectivity index (χ4v) is 2.09. The fourth-order valence-electron chi connectivity index (χ4n) is 2.09. The zero-order valence-corrected chi connectivity index (χ0v) is 10.5. The lowest BCUT2D eigenvalue weighted by Gasteiger charge is -2.03. The molecule has 86 valence electrons. The van der Waals surface area contributed by atoms with Crippen LogP contribution in [-0.2, 0) is 9.53 Å². The van der Waals surface area contributed by atoms with Crippen molar-refractivity contribution in [3.05, 3.63) is 11.6 Å². The monoisotopic (exact) mass is 210 g/mol. The summed E-state index contributed by atoms with van der Waals surface area (Å²) < 4.78 is 5.19. The number of carbonyl (C=O) groups excluding carboxylic acids is 1. The first-order valence-corrected chi connectivity index (χ1v) is 5.73. The second-order valence-electron chi connectivity index (χ2n) is 5.24. The van der Waals surface area contributed by atoms with Crippen molar-refractivity contribution in [3.63, 3.8) is 0 Å². The first kappa shape index (κ1) is 12.3. The Bertz CT molecular complexity index is 272. The molecule has 0 saturated heterocycles. The molecule has 0 aliphatic heterocycles. The van der Waals surface area contributed by atoms with Crippen LogP contribution in [0.3, 0.4) is 0 Å². The van der Waals surface area contributed by atoms with E-state index in [2.05, 4.69) is 33.8 Å². The Kier molecular flexibility index (Phi) is 3.58. The molecule has 0 N–H and O–H groups in total. The van der Waals surface area contributed by atoms with Crippen LogP contribution in [-0.4, -0.2) is 12.6 Å². The molecule has 0 bridgehead atoms. The zero-order chi connectivity index (χ0) is 11.6. The smallest absolute Gasteiger partial charge is 0.310 e. The molecule has 1 aliphatic rings. The van der Waals surface area contributed by atoms with Gasteiger partial charge in [-0.2, -0.15) is 0 Å².